The number of nitrogens with zero attached hydrogens (tertiary/aromatic N) is 1. The molecule has 0 aromatic heterocycles. The highest BCUT2D eigenvalue weighted by molar-refractivity contribution is 9.10. The highest BCUT2D eigenvalue weighted by Crippen LogP contribution is 2.22. The minimum atomic E-state index is -0.782. The lowest BCUT2D eigenvalue weighted by molar-refractivity contribution is 0.687. The molecule has 1 aromatic carbocycles. The van der Waals surface area contributed by atoms with Crippen LogP contribution in [0, 0.1) is 11.3 Å². The highest BCUT2D eigenvalue weighted by Gasteiger charge is 2.00. The molecule has 0 aliphatic carbocycles. The first-order valence-electron chi connectivity index (χ1n) is 4.37. The summed E-state index contributed by atoms with van der Waals surface area (Å²) in [6, 6.07) is 7.40. The van der Waals surface area contributed by atoms with Crippen LogP contribution >= 0.6 is 15.9 Å². The zero-order valence-electron chi connectivity index (χ0n) is 8.29. The molecular weight excluding hydrogens is 276 g/mol. The van der Waals surface area contributed by atoms with Crippen molar-refractivity contribution in [1.29, 1.82) is 5.26 Å². The minimum Gasteiger partial charge on any atom is -0.383 e. The van der Waals surface area contributed by atoms with Crippen LogP contribution in [0.5, 0.6) is 0 Å². The van der Waals surface area contributed by atoms with Crippen LogP contribution in [0.25, 0.3) is 0 Å². The van der Waals surface area contributed by atoms with Gasteiger partial charge < -0.3 is 5.32 Å². The van der Waals surface area contributed by atoms with Crippen molar-refractivity contribution < 1.29 is 4.21 Å². The van der Waals surface area contributed by atoms with Crippen molar-refractivity contribution in [2.24, 2.45) is 0 Å². The summed E-state index contributed by atoms with van der Waals surface area (Å²) < 4.78 is 11.7. The van der Waals surface area contributed by atoms with Crippen molar-refractivity contribution in [2.45, 2.75) is 0 Å². The standard InChI is InChI=1S/C10H11BrN2OS/c1-15(14)5-4-13-10-3-2-8(7-12)6-9(10)11/h2-3,6,13H,4-5H2,1H3. The van der Waals surface area contributed by atoms with Gasteiger partial charge in [-0.3, -0.25) is 4.21 Å². The number of rotatable bonds is 4. The normalized spacial score (nSPS) is 11.8. The van der Waals surface area contributed by atoms with E-state index in [1.807, 2.05) is 6.07 Å². The van der Waals surface area contributed by atoms with Gasteiger partial charge in [0.2, 0.25) is 0 Å². The lowest BCUT2D eigenvalue weighted by Gasteiger charge is -2.07. The van der Waals surface area contributed by atoms with E-state index in [9.17, 15) is 4.21 Å². The number of benzene rings is 1. The SMILES string of the molecule is CS(=O)CCNc1ccc(C#N)cc1Br. The molecule has 0 aliphatic heterocycles. The lowest BCUT2D eigenvalue weighted by atomic mass is 10.2. The topological polar surface area (TPSA) is 52.9 Å². The number of hydrogen-bond acceptors (Lipinski definition) is 3. The van der Waals surface area contributed by atoms with Crippen molar-refractivity contribution in [3.05, 3.63) is 28.2 Å². The highest BCUT2D eigenvalue weighted by atomic mass is 79.9. The van der Waals surface area contributed by atoms with Gasteiger partial charge in [0.25, 0.3) is 0 Å². The third-order valence-corrected chi connectivity index (χ3v) is 3.24. The second kappa shape index (κ2) is 5.89. The van der Waals surface area contributed by atoms with Gasteiger partial charge in [-0.25, -0.2) is 0 Å². The summed E-state index contributed by atoms with van der Waals surface area (Å²) in [6.45, 7) is 0.660. The first-order chi connectivity index (χ1) is 7.13. The van der Waals surface area contributed by atoms with Gasteiger partial charge in [-0.1, -0.05) is 0 Å². The summed E-state index contributed by atoms with van der Waals surface area (Å²) >= 11 is 3.37. The number of halogens is 1. The van der Waals surface area contributed by atoms with Crippen LogP contribution in [0.3, 0.4) is 0 Å². The fourth-order valence-electron chi connectivity index (χ4n) is 1.06. The Balaban J connectivity index is 2.63. The Morgan fingerprint density at radius 2 is 2.33 bits per heavy atom. The van der Waals surface area contributed by atoms with E-state index in [2.05, 4.69) is 27.3 Å². The van der Waals surface area contributed by atoms with Crippen LogP contribution in [-0.2, 0) is 10.8 Å². The maximum absolute atomic E-state index is 10.8. The smallest absolute Gasteiger partial charge is 0.0992 e. The molecule has 0 bridgehead atoms. The molecule has 0 saturated carbocycles. The molecule has 1 rings (SSSR count). The van der Waals surface area contributed by atoms with E-state index in [0.29, 0.717) is 17.9 Å². The summed E-state index contributed by atoms with van der Waals surface area (Å²) in [5.41, 5.74) is 1.53. The maximum Gasteiger partial charge on any atom is 0.0992 e. The van der Waals surface area contributed by atoms with Gasteiger partial charge in [-0.15, -0.1) is 0 Å². The fourth-order valence-corrected chi connectivity index (χ4v) is 1.97. The van der Waals surface area contributed by atoms with Crippen molar-refractivity contribution in [3.8, 4) is 6.07 Å². The molecule has 1 N–H and O–H groups in total. The molecule has 0 fully saturated rings. The predicted octanol–water partition coefficient (Wildman–Crippen LogP) is 2.11. The van der Waals surface area contributed by atoms with Crippen LogP contribution in [-0.4, -0.2) is 22.8 Å². The Morgan fingerprint density at radius 3 is 2.87 bits per heavy atom. The van der Waals surface area contributed by atoms with Crippen LogP contribution in [0.1, 0.15) is 5.56 Å². The summed E-state index contributed by atoms with van der Waals surface area (Å²) in [7, 11) is -0.782. The summed E-state index contributed by atoms with van der Waals surface area (Å²) in [6.07, 6.45) is 1.68. The molecule has 15 heavy (non-hydrogen) atoms. The lowest BCUT2D eigenvalue weighted by Crippen LogP contribution is -2.10. The minimum absolute atomic E-state index is 0.617. The van der Waals surface area contributed by atoms with E-state index in [1.165, 1.54) is 0 Å². The summed E-state index contributed by atoms with van der Waals surface area (Å²) in [5, 5.41) is 11.8. The molecule has 1 atom stereocenters. The van der Waals surface area contributed by atoms with Gasteiger partial charge in [0.1, 0.15) is 0 Å². The van der Waals surface area contributed by atoms with Crippen LogP contribution < -0.4 is 5.32 Å². The van der Waals surface area contributed by atoms with E-state index in [-0.39, 0.29) is 0 Å². The summed E-state index contributed by atoms with van der Waals surface area (Å²) in [5.74, 6) is 0.618. The zero-order valence-corrected chi connectivity index (χ0v) is 10.7. The Hall–Kier alpha value is -0.860. The van der Waals surface area contributed by atoms with Gasteiger partial charge in [0.05, 0.1) is 11.6 Å². The molecule has 1 unspecified atom stereocenters. The van der Waals surface area contributed by atoms with Gasteiger partial charge in [0, 0.05) is 39.5 Å². The monoisotopic (exact) mass is 286 g/mol. The maximum atomic E-state index is 10.8. The molecule has 80 valence electrons. The van der Waals surface area contributed by atoms with Crippen molar-refractivity contribution >= 4 is 32.4 Å². The van der Waals surface area contributed by atoms with E-state index in [1.54, 1.807) is 18.4 Å². The van der Waals surface area contributed by atoms with Gasteiger partial charge in [-0.2, -0.15) is 5.26 Å². The average molecular weight is 287 g/mol. The second-order valence-corrected chi connectivity index (χ2v) is 5.42. The Morgan fingerprint density at radius 1 is 1.60 bits per heavy atom. The van der Waals surface area contributed by atoms with Crippen LogP contribution in [0.15, 0.2) is 22.7 Å². The number of nitriles is 1. The molecule has 0 amide bonds. The van der Waals surface area contributed by atoms with E-state index in [0.717, 1.165) is 10.2 Å². The van der Waals surface area contributed by atoms with Crippen molar-refractivity contribution in [3.63, 3.8) is 0 Å². The van der Waals surface area contributed by atoms with Crippen molar-refractivity contribution in [1.82, 2.24) is 0 Å². The third kappa shape index (κ3) is 4.02. The molecular formula is C10H11BrN2OS. The van der Waals surface area contributed by atoms with Crippen molar-refractivity contribution in [2.75, 3.05) is 23.9 Å². The number of anilines is 1. The second-order valence-electron chi connectivity index (χ2n) is 3.01. The number of nitrogens with one attached hydrogen (secondary N) is 1. The first-order valence-corrected chi connectivity index (χ1v) is 6.89. The molecule has 5 heteroatoms. The van der Waals surface area contributed by atoms with Gasteiger partial charge >= 0.3 is 0 Å². The van der Waals surface area contributed by atoms with Crippen LogP contribution in [0.2, 0.25) is 0 Å². The zero-order chi connectivity index (χ0) is 11.3. The molecule has 1 aromatic rings. The molecule has 0 saturated heterocycles. The Bertz CT molecular complexity index is 414. The Labute approximate surface area is 100 Å². The molecule has 0 aliphatic rings. The predicted molar refractivity (Wildman–Crippen MR) is 66.3 cm³/mol. The molecule has 0 heterocycles. The fraction of sp³-hybridized carbons (Fsp3) is 0.300. The van der Waals surface area contributed by atoms with E-state index >= 15 is 0 Å². The molecule has 3 nitrogen and oxygen atoms in total. The molecule has 0 spiro atoms. The largest absolute Gasteiger partial charge is 0.383 e. The number of hydrogen-bond donors (Lipinski definition) is 1. The van der Waals surface area contributed by atoms with Gasteiger partial charge in [-0.05, 0) is 34.1 Å². The van der Waals surface area contributed by atoms with Gasteiger partial charge in [0.15, 0.2) is 0 Å². The van der Waals surface area contributed by atoms with Crippen LogP contribution in [0.4, 0.5) is 5.69 Å². The average Bonchev–Trinajstić information content (AvgIpc) is 2.20. The van der Waals surface area contributed by atoms with E-state index < -0.39 is 10.8 Å². The quantitative estimate of drug-likeness (QED) is 0.922. The summed E-state index contributed by atoms with van der Waals surface area (Å²) in [4.78, 5) is 0. The molecule has 0 radical (unpaired) electrons. The first kappa shape index (κ1) is 12.2. The third-order valence-electron chi connectivity index (χ3n) is 1.80. The van der Waals surface area contributed by atoms with E-state index in [4.69, 9.17) is 5.26 Å². The Kier molecular flexibility index (Phi) is 4.79.